The average Bonchev–Trinajstić information content (AvgIpc) is 2.34. The van der Waals surface area contributed by atoms with Crippen LogP contribution in [0.5, 0.6) is 0 Å². The monoisotopic (exact) mass is 220 g/mol. The van der Waals surface area contributed by atoms with Gasteiger partial charge in [-0.3, -0.25) is 4.84 Å². The Labute approximate surface area is 95.7 Å². The Kier molecular flexibility index (Phi) is 6.19. The molecule has 0 saturated heterocycles. The lowest BCUT2D eigenvalue weighted by Crippen LogP contribution is -2.23. The van der Waals surface area contributed by atoms with Crippen molar-refractivity contribution in [3.63, 3.8) is 0 Å². The van der Waals surface area contributed by atoms with Crippen LogP contribution in [0.3, 0.4) is 0 Å². The van der Waals surface area contributed by atoms with Gasteiger partial charge in [-0.05, 0) is 5.56 Å². The molecular weight excluding hydrogens is 204 g/mol. The number of methoxy groups -OCH3 is 1. The molecule has 1 atom stereocenters. The molecule has 0 aliphatic heterocycles. The molecule has 16 heavy (non-hydrogen) atoms. The van der Waals surface area contributed by atoms with Gasteiger partial charge in [0.2, 0.25) is 0 Å². The summed E-state index contributed by atoms with van der Waals surface area (Å²) in [7, 11) is 1.62. The minimum absolute atomic E-state index is 0.0944. The molecule has 0 bridgehead atoms. The molecule has 1 aromatic carbocycles. The first-order valence-corrected chi connectivity index (χ1v) is 5.16. The van der Waals surface area contributed by atoms with Gasteiger partial charge in [0, 0.05) is 7.11 Å². The van der Waals surface area contributed by atoms with Gasteiger partial charge in [0.05, 0.1) is 31.7 Å². The zero-order valence-corrected chi connectivity index (χ0v) is 9.35. The van der Waals surface area contributed by atoms with Gasteiger partial charge in [-0.2, -0.15) is 10.7 Å². The van der Waals surface area contributed by atoms with Crippen molar-refractivity contribution in [3.05, 3.63) is 35.9 Å². The zero-order valence-electron chi connectivity index (χ0n) is 9.35. The molecule has 0 heterocycles. The fourth-order valence-electron chi connectivity index (χ4n) is 1.29. The van der Waals surface area contributed by atoms with Crippen molar-refractivity contribution in [3.8, 4) is 6.07 Å². The minimum Gasteiger partial charge on any atom is -0.382 e. The second-order valence-electron chi connectivity index (χ2n) is 3.28. The highest BCUT2D eigenvalue weighted by molar-refractivity contribution is 5.19. The Morgan fingerprint density at radius 3 is 2.69 bits per heavy atom. The summed E-state index contributed by atoms with van der Waals surface area (Å²) in [4.78, 5) is 5.22. The third-order valence-corrected chi connectivity index (χ3v) is 2.11. The van der Waals surface area contributed by atoms with Crippen LogP contribution in [0.25, 0.3) is 0 Å². The Balaban J connectivity index is 2.45. The van der Waals surface area contributed by atoms with E-state index in [1.807, 2.05) is 30.3 Å². The molecule has 0 aliphatic carbocycles. The summed E-state index contributed by atoms with van der Waals surface area (Å²) >= 11 is 0. The molecule has 0 aliphatic rings. The highest BCUT2D eigenvalue weighted by Crippen LogP contribution is 2.15. The number of nitrogens with zero attached hydrogens (tertiary/aromatic N) is 1. The van der Waals surface area contributed by atoms with Crippen molar-refractivity contribution in [1.29, 1.82) is 5.26 Å². The Bertz CT molecular complexity index is 322. The molecule has 4 heteroatoms. The van der Waals surface area contributed by atoms with E-state index < -0.39 is 0 Å². The standard InChI is InChI=1S/C12H16N2O2/c1-15-9-10-16-14-12(7-8-13)11-5-3-2-4-6-11/h2-6,12,14H,7,9-10H2,1H3. The predicted molar refractivity (Wildman–Crippen MR) is 60.4 cm³/mol. The van der Waals surface area contributed by atoms with Gasteiger partial charge in [0.25, 0.3) is 0 Å². The predicted octanol–water partition coefficient (Wildman–Crippen LogP) is 1.81. The summed E-state index contributed by atoms with van der Waals surface area (Å²) < 4.78 is 4.86. The summed E-state index contributed by atoms with van der Waals surface area (Å²) in [5.41, 5.74) is 3.91. The molecule has 0 fully saturated rings. The molecule has 0 amide bonds. The third kappa shape index (κ3) is 4.41. The first-order chi connectivity index (χ1) is 7.88. The number of hydroxylamine groups is 1. The van der Waals surface area contributed by atoms with Crippen molar-refractivity contribution in [2.75, 3.05) is 20.3 Å². The van der Waals surface area contributed by atoms with E-state index in [-0.39, 0.29) is 6.04 Å². The SMILES string of the molecule is COCCONC(CC#N)c1ccccc1. The van der Waals surface area contributed by atoms with E-state index in [0.29, 0.717) is 19.6 Å². The fourth-order valence-corrected chi connectivity index (χ4v) is 1.29. The molecule has 0 saturated carbocycles. The maximum Gasteiger partial charge on any atom is 0.0916 e. The van der Waals surface area contributed by atoms with E-state index in [9.17, 15) is 0 Å². The third-order valence-electron chi connectivity index (χ3n) is 2.11. The second-order valence-corrected chi connectivity index (χ2v) is 3.28. The topological polar surface area (TPSA) is 54.3 Å². The second kappa shape index (κ2) is 7.83. The molecule has 86 valence electrons. The van der Waals surface area contributed by atoms with Gasteiger partial charge in [-0.1, -0.05) is 30.3 Å². The van der Waals surface area contributed by atoms with E-state index in [1.54, 1.807) is 7.11 Å². The lowest BCUT2D eigenvalue weighted by Gasteiger charge is -2.15. The molecule has 0 radical (unpaired) electrons. The summed E-state index contributed by atoms with van der Waals surface area (Å²) in [6, 6.07) is 11.8. The molecule has 1 N–H and O–H groups in total. The van der Waals surface area contributed by atoms with Crippen LogP contribution in [-0.4, -0.2) is 20.3 Å². The van der Waals surface area contributed by atoms with Crippen molar-refractivity contribution >= 4 is 0 Å². The molecule has 1 rings (SSSR count). The molecule has 0 spiro atoms. The largest absolute Gasteiger partial charge is 0.382 e. The van der Waals surface area contributed by atoms with Gasteiger partial charge < -0.3 is 4.74 Å². The Morgan fingerprint density at radius 2 is 2.06 bits per heavy atom. The first-order valence-electron chi connectivity index (χ1n) is 5.16. The van der Waals surface area contributed by atoms with Crippen LogP contribution in [-0.2, 0) is 9.57 Å². The lowest BCUT2D eigenvalue weighted by molar-refractivity contribution is -0.0117. The number of nitrogens with one attached hydrogen (secondary N) is 1. The summed E-state index contributed by atoms with van der Waals surface area (Å²) in [5.74, 6) is 0. The Hall–Kier alpha value is -1.41. The number of hydrogen-bond acceptors (Lipinski definition) is 4. The summed E-state index contributed by atoms with van der Waals surface area (Å²) in [6.45, 7) is 0.992. The number of rotatable bonds is 7. The van der Waals surface area contributed by atoms with Crippen LogP contribution in [0.15, 0.2) is 30.3 Å². The molecule has 4 nitrogen and oxygen atoms in total. The van der Waals surface area contributed by atoms with E-state index >= 15 is 0 Å². The number of nitriles is 1. The van der Waals surface area contributed by atoms with Crippen LogP contribution in [0.4, 0.5) is 0 Å². The maximum absolute atomic E-state index is 8.73. The van der Waals surface area contributed by atoms with Crippen molar-refractivity contribution in [1.82, 2.24) is 5.48 Å². The quantitative estimate of drug-likeness (QED) is 0.562. The normalized spacial score (nSPS) is 12.0. The average molecular weight is 220 g/mol. The fraction of sp³-hybridized carbons (Fsp3) is 0.417. The van der Waals surface area contributed by atoms with E-state index in [2.05, 4.69) is 11.5 Å². The van der Waals surface area contributed by atoms with Crippen LogP contribution < -0.4 is 5.48 Å². The lowest BCUT2D eigenvalue weighted by atomic mass is 10.1. The van der Waals surface area contributed by atoms with Gasteiger partial charge >= 0.3 is 0 Å². The van der Waals surface area contributed by atoms with Crippen molar-refractivity contribution in [2.24, 2.45) is 0 Å². The number of hydrogen-bond donors (Lipinski definition) is 1. The zero-order chi connectivity index (χ0) is 11.6. The first kappa shape index (κ1) is 12.7. The molecule has 1 aromatic rings. The maximum atomic E-state index is 8.73. The number of ether oxygens (including phenoxy) is 1. The van der Waals surface area contributed by atoms with E-state index in [0.717, 1.165) is 5.56 Å². The summed E-state index contributed by atoms with van der Waals surface area (Å²) in [6.07, 6.45) is 0.372. The highest BCUT2D eigenvalue weighted by Gasteiger charge is 2.09. The van der Waals surface area contributed by atoms with Gasteiger partial charge in [0.1, 0.15) is 0 Å². The molecular formula is C12H16N2O2. The molecule has 1 unspecified atom stereocenters. The van der Waals surface area contributed by atoms with Gasteiger partial charge in [-0.25, -0.2) is 0 Å². The van der Waals surface area contributed by atoms with Crippen molar-refractivity contribution < 1.29 is 9.57 Å². The smallest absolute Gasteiger partial charge is 0.0916 e. The van der Waals surface area contributed by atoms with Crippen LogP contribution in [0, 0.1) is 11.3 Å². The number of benzene rings is 1. The van der Waals surface area contributed by atoms with Gasteiger partial charge in [0.15, 0.2) is 0 Å². The molecule has 0 aromatic heterocycles. The minimum atomic E-state index is -0.0944. The van der Waals surface area contributed by atoms with Crippen LogP contribution >= 0.6 is 0 Å². The highest BCUT2D eigenvalue weighted by atomic mass is 16.7. The summed E-state index contributed by atoms with van der Waals surface area (Å²) in [5, 5.41) is 8.73. The van der Waals surface area contributed by atoms with Crippen LogP contribution in [0.1, 0.15) is 18.0 Å². The van der Waals surface area contributed by atoms with Crippen LogP contribution in [0.2, 0.25) is 0 Å². The Morgan fingerprint density at radius 1 is 1.31 bits per heavy atom. The van der Waals surface area contributed by atoms with E-state index in [1.165, 1.54) is 0 Å². The van der Waals surface area contributed by atoms with E-state index in [4.69, 9.17) is 14.8 Å². The van der Waals surface area contributed by atoms with Crippen molar-refractivity contribution in [2.45, 2.75) is 12.5 Å². The van der Waals surface area contributed by atoms with Gasteiger partial charge in [-0.15, -0.1) is 0 Å².